The molecule has 0 unspecified atom stereocenters. The fraction of sp³-hybridized carbons (Fsp3) is 0. The smallest absolute Gasteiger partial charge is 0.0795 e. The van der Waals surface area contributed by atoms with Gasteiger partial charge >= 0.3 is 0 Å². The molecule has 0 fully saturated rings. The number of hydrogen-bond acceptors (Lipinski definition) is 85. The van der Waals surface area contributed by atoms with E-state index in [2.05, 4.69) is 11.7 Å². The highest BCUT2D eigenvalue weighted by Gasteiger charge is 2.08. The quantitative estimate of drug-likeness (QED) is 0.0342. The molecule has 0 atom stereocenters. The van der Waals surface area contributed by atoms with Crippen molar-refractivity contribution in [3.63, 3.8) is 0 Å². The SMILES string of the molecule is OS(=S)(=S)SSSSSSSSSSSSSSSSSSSSSSSSSSSSSSSSSSSSSSSSSSSSSSSSSSSSSSSSSSSSSSSSSSSSSSSSSSSSSSSSSSS. The van der Waals surface area contributed by atoms with Crippen LogP contribution < -0.4 is 0 Å². The molecule has 0 aliphatic heterocycles. The van der Waals surface area contributed by atoms with Crippen LogP contribution in [-0.2, 0) is 28.8 Å². The molecule has 0 aromatic rings. The van der Waals surface area contributed by atoms with Crippen LogP contribution in [0.25, 0.3) is 0 Å². The van der Waals surface area contributed by atoms with Crippen molar-refractivity contribution in [3.8, 4) is 0 Å². The second kappa shape index (κ2) is 110. The Morgan fingerprint density at radius 3 is 0.276 bits per heavy atom. The largest absolute Gasteiger partial charge is 0.317 e. The van der Waals surface area contributed by atoms with Gasteiger partial charge in [-0.15, -0.1) is 0 Å². The third kappa shape index (κ3) is 116. The number of thiol groups is 1. The summed E-state index contributed by atoms with van der Waals surface area (Å²) in [6.07, 6.45) is 0. The Hall–Kier alpha value is 29.8. The van der Waals surface area contributed by atoms with Crippen LogP contribution in [0.4, 0.5) is 0 Å². The first kappa shape index (κ1) is 117. The molecule has 0 aliphatic carbocycles. The summed E-state index contributed by atoms with van der Waals surface area (Å²) < 4.78 is 9.39. The molecule has 0 spiro atoms. The molecule has 0 aromatic carbocycles. The zero-order chi connectivity index (χ0) is 62.5. The van der Waals surface area contributed by atoms with Crippen molar-refractivity contribution in [2.75, 3.05) is 0 Å². The Morgan fingerprint density at radius 2 is 0.207 bits per heavy atom. The Kier molecular flexibility index (Phi) is 148. The Bertz CT molecular complexity index is 1260. The van der Waals surface area contributed by atoms with Gasteiger partial charge in [-0.2, -0.15) is 0 Å². The standard InChI is InChI=1S/H2OS86/c1-87(3,4)86-85-84-83-82-81-80-79-78-77-76-75-74-73-72-71-70-69-68-67-66-65-64-63-62-61-60-59-58-57-56-55-54-53-52-51-50-49-48-47-46-45-44-43-42-41-40-39-38-37-36-35-34-33-32-31-30-29-28-27-26-25-24-23-22-21-20-19-18-17-16-15-14-13-12-11-10-9-8-7-6-5-2/h2H,(H,1,3,4). The molecule has 524 valence electrons. The second-order valence-electron chi connectivity index (χ2n) is 6.01. The fourth-order valence-corrected chi connectivity index (χ4v) is 227. The molecule has 0 bridgehead atoms. The monoisotopic (exact) mass is 2770 g/mol. The zero-order valence-electron chi connectivity index (χ0n) is 35.6. The maximum Gasteiger partial charge on any atom is 0.0795 e. The fourth-order valence-electron chi connectivity index (χ4n) is 0.943. The van der Waals surface area contributed by atoms with Crippen molar-refractivity contribution in [1.82, 2.24) is 0 Å². The van der Waals surface area contributed by atoms with E-state index in [9.17, 15) is 4.55 Å². The van der Waals surface area contributed by atoms with E-state index in [1.165, 1.54) is 29.5 Å². The molecule has 0 radical (unpaired) electrons. The summed E-state index contributed by atoms with van der Waals surface area (Å²) in [6.45, 7) is -2.31. The molecule has 0 rings (SSSR count). The molecule has 87 heteroatoms. The normalized spacial score (nSPS) is 12.0. The van der Waals surface area contributed by atoms with Gasteiger partial charge in [-0.3, -0.25) is 0 Å². The lowest BCUT2D eigenvalue weighted by atomic mass is 15.9. The molecule has 87 heavy (non-hydrogen) atoms. The van der Waals surface area contributed by atoms with Crippen molar-refractivity contribution < 1.29 is 4.55 Å². The van der Waals surface area contributed by atoms with Gasteiger partial charge in [0.1, 0.15) is 0 Å². The van der Waals surface area contributed by atoms with Gasteiger partial charge in [-0.1, -0.05) is 11.7 Å². The van der Waals surface area contributed by atoms with Gasteiger partial charge in [-0.05, 0) is 101 Å². The molecule has 0 aliphatic rings. The average molecular weight is 2780 g/mol. The molecule has 1 nitrogen and oxygen atoms in total. The van der Waals surface area contributed by atoms with Crippen LogP contribution in [0.1, 0.15) is 0 Å². The van der Waals surface area contributed by atoms with Crippen LogP contribution in [0.5, 0.6) is 0 Å². The molecule has 0 saturated heterocycles. The maximum absolute atomic E-state index is 9.39. The highest BCUT2D eigenvalue weighted by atomic mass is 34.1. The van der Waals surface area contributed by atoms with E-state index in [0.717, 1.165) is 0 Å². The van der Waals surface area contributed by atoms with Gasteiger partial charge in [0.2, 0.25) is 0 Å². The first-order valence-electron chi connectivity index (χ1n) is 14.4. The lowest BCUT2D eigenvalue weighted by Crippen LogP contribution is -1.77. The number of hydrogen-bond donors (Lipinski definition) is 2. The van der Waals surface area contributed by atoms with Gasteiger partial charge < -0.3 is 4.55 Å². The van der Waals surface area contributed by atoms with Crippen LogP contribution in [-0.4, -0.2) is 4.55 Å². The van der Waals surface area contributed by atoms with Gasteiger partial charge in [-0.25, -0.2) is 0 Å². The van der Waals surface area contributed by atoms with E-state index in [0.29, 0.717) is 0 Å². The molecule has 1 N–H and O–H groups in total. The Balaban J connectivity index is 3.09. The highest BCUT2D eigenvalue weighted by molar-refractivity contribution is 9.67. The summed E-state index contributed by atoms with van der Waals surface area (Å²) in [5.74, 6) is 0. The van der Waals surface area contributed by atoms with E-state index in [-0.39, 0.29) is 0 Å². The minimum Gasteiger partial charge on any atom is -0.317 e. The highest BCUT2D eigenvalue weighted by Crippen LogP contribution is 2.72. The predicted octanol–water partition coefficient (Wildman–Crippen LogP) is 53.5. The van der Waals surface area contributed by atoms with Gasteiger partial charge in [0.15, 0.2) is 0 Å². The van der Waals surface area contributed by atoms with Crippen LogP contribution in [0, 0.1) is 0 Å². The lowest BCUT2D eigenvalue weighted by molar-refractivity contribution is 0.668. The predicted molar refractivity (Wildman–Crippen MR) is 656 cm³/mol. The summed E-state index contributed by atoms with van der Waals surface area (Å²) in [5.41, 5.74) is 0. The second-order valence-corrected chi connectivity index (χ2v) is 158. The summed E-state index contributed by atoms with van der Waals surface area (Å²) in [7, 11) is 147. The average Bonchev–Trinajstić information content (AvgIpc) is 3.51. The van der Waals surface area contributed by atoms with Crippen LogP contribution in [0.3, 0.4) is 0 Å². The molecule has 0 heterocycles. The summed E-state index contributed by atoms with van der Waals surface area (Å²) in [6, 6.07) is 0. The minimum atomic E-state index is -2.31. The molecule has 0 saturated carbocycles. The first-order chi connectivity index (χ1) is 43.1. The summed E-state index contributed by atoms with van der Waals surface area (Å²) in [4.78, 5) is 0. The van der Waals surface area contributed by atoms with E-state index < -0.39 is 6.46 Å². The van der Waals surface area contributed by atoms with E-state index in [4.69, 9.17) is 22.4 Å². The van der Waals surface area contributed by atoms with Crippen molar-refractivity contribution in [2.24, 2.45) is 0 Å². The molecule has 0 aromatic heterocycles. The van der Waals surface area contributed by atoms with Gasteiger partial charge in [0.25, 0.3) is 0 Å². The van der Waals surface area contributed by atoms with Gasteiger partial charge in [0, 0.05) is 727 Å². The third-order valence-electron chi connectivity index (χ3n) is 2.34. The molecular weight excluding hydrogens is 2770 g/mol. The van der Waals surface area contributed by atoms with E-state index in [1.807, 2.05) is 609 Å². The lowest BCUT2D eigenvalue weighted by Gasteiger charge is -2.00. The van der Waals surface area contributed by atoms with Crippen molar-refractivity contribution in [3.05, 3.63) is 0 Å². The topological polar surface area (TPSA) is 20.2 Å². The third-order valence-corrected chi connectivity index (χ3v) is 188. The Labute approximate surface area is 826 Å². The summed E-state index contributed by atoms with van der Waals surface area (Å²) in [5, 5.41) is 0. The Morgan fingerprint density at radius 1 is 0.138 bits per heavy atom. The van der Waals surface area contributed by atoms with Crippen LogP contribution in [0.15, 0.2) is 0 Å². The summed E-state index contributed by atoms with van der Waals surface area (Å²) >= 11 is 13.7. The van der Waals surface area contributed by atoms with Crippen molar-refractivity contribution >= 4 is 846 Å². The van der Waals surface area contributed by atoms with Crippen molar-refractivity contribution in [2.45, 2.75) is 0 Å². The number of rotatable bonds is 82. The maximum atomic E-state index is 9.39. The molecular formula is H2OS86. The first-order valence-corrected chi connectivity index (χ1v) is 128. The van der Waals surface area contributed by atoms with Crippen LogP contribution >= 0.6 is 817 Å². The van der Waals surface area contributed by atoms with E-state index in [1.54, 1.807) is 167 Å². The van der Waals surface area contributed by atoms with E-state index >= 15 is 0 Å². The van der Waals surface area contributed by atoms with Gasteiger partial charge in [0.05, 0.1) is 6.46 Å². The van der Waals surface area contributed by atoms with Crippen molar-refractivity contribution in [1.29, 1.82) is 0 Å². The zero-order valence-corrected chi connectivity index (χ0v) is 106. The van der Waals surface area contributed by atoms with Crippen LogP contribution in [0.2, 0.25) is 0 Å². The minimum absolute atomic E-state index is 1.19. The molecule has 0 amide bonds.